The second-order valence-electron chi connectivity index (χ2n) is 6.69. The fourth-order valence-corrected chi connectivity index (χ4v) is 3.12. The number of benzene rings is 2. The second kappa shape index (κ2) is 9.19. The molecule has 6 heteroatoms. The van der Waals surface area contributed by atoms with Crippen LogP contribution >= 0.6 is 0 Å². The molecule has 0 fully saturated rings. The Morgan fingerprint density at radius 1 is 1.03 bits per heavy atom. The first-order chi connectivity index (χ1) is 14.0. The lowest BCUT2D eigenvalue weighted by Crippen LogP contribution is -2.22. The van der Waals surface area contributed by atoms with Crippen molar-refractivity contribution in [2.45, 2.75) is 20.8 Å². The van der Waals surface area contributed by atoms with Crippen LogP contribution in [0.2, 0.25) is 0 Å². The van der Waals surface area contributed by atoms with Crippen molar-refractivity contribution in [3.05, 3.63) is 77.9 Å². The lowest BCUT2D eigenvalue weighted by molar-refractivity contribution is 0.102. The number of aryl methyl sites for hydroxylation is 1. The Hall–Kier alpha value is -3.41. The Bertz CT molecular complexity index is 1000. The topological polar surface area (TPSA) is 57.3 Å². The fourth-order valence-electron chi connectivity index (χ4n) is 3.12. The van der Waals surface area contributed by atoms with Crippen LogP contribution in [0.1, 0.15) is 29.8 Å². The Labute approximate surface area is 170 Å². The lowest BCUT2D eigenvalue weighted by atomic mass is 10.1. The zero-order chi connectivity index (χ0) is 20.8. The van der Waals surface area contributed by atoms with Gasteiger partial charge in [-0.25, -0.2) is 4.39 Å². The highest BCUT2D eigenvalue weighted by atomic mass is 19.1. The second-order valence-corrected chi connectivity index (χ2v) is 6.69. The molecule has 29 heavy (non-hydrogen) atoms. The Morgan fingerprint density at radius 2 is 1.79 bits per heavy atom. The predicted octanol–water partition coefficient (Wildman–Crippen LogP) is 5.37. The van der Waals surface area contributed by atoms with Gasteiger partial charge in [0.2, 0.25) is 0 Å². The molecule has 3 rings (SSSR count). The lowest BCUT2D eigenvalue weighted by Gasteiger charge is -2.22. The molecule has 1 amide bonds. The number of carbonyl (C=O) groups is 1. The van der Waals surface area contributed by atoms with Gasteiger partial charge in [0, 0.05) is 30.7 Å². The molecule has 5 nitrogen and oxygen atoms in total. The van der Waals surface area contributed by atoms with E-state index in [1.807, 2.05) is 19.1 Å². The monoisotopic (exact) mass is 392 g/mol. The molecule has 2 aromatic carbocycles. The standard InChI is InChI=1S/C23H25FN4O/c1-4-28(5-2)19-10-11-21(16(3)12-19)27-23(29)17-13-18(15-25-14-17)26-22-9-7-6-8-20(22)24/h6-15,26H,4-5H2,1-3H3,(H,27,29). The number of pyridine rings is 1. The third kappa shape index (κ3) is 4.90. The van der Waals surface area contributed by atoms with E-state index in [9.17, 15) is 9.18 Å². The van der Waals surface area contributed by atoms with Crippen molar-refractivity contribution in [1.29, 1.82) is 0 Å². The van der Waals surface area contributed by atoms with Gasteiger partial charge in [-0.3, -0.25) is 9.78 Å². The SMILES string of the molecule is CCN(CC)c1ccc(NC(=O)c2cncc(Nc3ccccc3F)c2)c(C)c1. The van der Waals surface area contributed by atoms with Gasteiger partial charge in [0.05, 0.1) is 23.1 Å². The highest BCUT2D eigenvalue weighted by Gasteiger charge is 2.11. The molecule has 0 atom stereocenters. The minimum Gasteiger partial charge on any atom is -0.372 e. The van der Waals surface area contributed by atoms with Crippen LogP contribution in [0.15, 0.2) is 60.9 Å². The molecule has 0 saturated heterocycles. The summed E-state index contributed by atoms with van der Waals surface area (Å²) in [6, 6.07) is 14.0. The van der Waals surface area contributed by atoms with E-state index < -0.39 is 0 Å². The molecular weight excluding hydrogens is 367 g/mol. The van der Waals surface area contributed by atoms with E-state index in [0.29, 0.717) is 16.9 Å². The van der Waals surface area contributed by atoms with Gasteiger partial charge in [-0.2, -0.15) is 0 Å². The maximum atomic E-state index is 13.8. The predicted molar refractivity (Wildman–Crippen MR) is 117 cm³/mol. The quantitative estimate of drug-likeness (QED) is 0.567. The molecule has 1 heterocycles. The van der Waals surface area contributed by atoms with E-state index in [1.54, 1.807) is 30.5 Å². The van der Waals surface area contributed by atoms with Gasteiger partial charge in [0.15, 0.2) is 0 Å². The summed E-state index contributed by atoms with van der Waals surface area (Å²) in [5, 5.41) is 5.88. The molecule has 0 radical (unpaired) electrons. The van der Waals surface area contributed by atoms with E-state index in [1.165, 1.54) is 12.3 Å². The van der Waals surface area contributed by atoms with Crippen molar-refractivity contribution in [2.75, 3.05) is 28.6 Å². The summed E-state index contributed by atoms with van der Waals surface area (Å²) >= 11 is 0. The van der Waals surface area contributed by atoms with Crippen LogP contribution in [0.25, 0.3) is 0 Å². The number of carbonyl (C=O) groups excluding carboxylic acids is 1. The van der Waals surface area contributed by atoms with Gasteiger partial charge in [-0.1, -0.05) is 12.1 Å². The Morgan fingerprint density at radius 3 is 2.48 bits per heavy atom. The van der Waals surface area contributed by atoms with Gasteiger partial charge in [-0.05, 0) is 62.7 Å². The number of nitrogens with one attached hydrogen (secondary N) is 2. The van der Waals surface area contributed by atoms with Crippen LogP contribution < -0.4 is 15.5 Å². The van der Waals surface area contributed by atoms with Crippen molar-refractivity contribution in [1.82, 2.24) is 4.98 Å². The normalized spacial score (nSPS) is 10.5. The summed E-state index contributed by atoms with van der Waals surface area (Å²) in [6.07, 6.45) is 3.04. The zero-order valence-corrected chi connectivity index (χ0v) is 16.9. The highest BCUT2D eigenvalue weighted by Crippen LogP contribution is 2.24. The third-order valence-electron chi connectivity index (χ3n) is 4.74. The average molecular weight is 392 g/mol. The molecule has 0 aliphatic rings. The fraction of sp³-hybridized carbons (Fsp3) is 0.217. The number of hydrogen-bond acceptors (Lipinski definition) is 4. The molecule has 0 aliphatic heterocycles. The van der Waals surface area contributed by atoms with Crippen LogP contribution in [-0.4, -0.2) is 24.0 Å². The van der Waals surface area contributed by atoms with Gasteiger partial charge in [0.1, 0.15) is 5.82 Å². The molecule has 0 unspecified atom stereocenters. The molecule has 0 saturated carbocycles. The van der Waals surface area contributed by atoms with Crippen molar-refractivity contribution >= 4 is 28.7 Å². The maximum absolute atomic E-state index is 13.8. The smallest absolute Gasteiger partial charge is 0.257 e. The van der Waals surface area contributed by atoms with Crippen molar-refractivity contribution in [3.63, 3.8) is 0 Å². The number of halogens is 1. The number of amides is 1. The summed E-state index contributed by atoms with van der Waals surface area (Å²) in [5.41, 5.74) is 4.11. The molecule has 0 spiro atoms. The number of rotatable bonds is 7. The van der Waals surface area contributed by atoms with Crippen molar-refractivity contribution in [3.8, 4) is 0 Å². The van der Waals surface area contributed by atoms with E-state index in [4.69, 9.17) is 0 Å². The van der Waals surface area contributed by atoms with Crippen LogP contribution in [0, 0.1) is 12.7 Å². The van der Waals surface area contributed by atoms with Crippen molar-refractivity contribution in [2.24, 2.45) is 0 Å². The summed E-state index contributed by atoms with van der Waals surface area (Å²) in [6.45, 7) is 8.05. The third-order valence-corrected chi connectivity index (χ3v) is 4.74. The van der Waals surface area contributed by atoms with Crippen LogP contribution in [0.3, 0.4) is 0 Å². The number of aromatic nitrogens is 1. The Kier molecular flexibility index (Phi) is 6.44. The van der Waals surface area contributed by atoms with Crippen molar-refractivity contribution < 1.29 is 9.18 Å². The number of anilines is 4. The molecule has 0 bridgehead atoms. The zero-order valence-electron chi connectivity index (χ0n) is 16.9. The van der Waals surface area contributed by atoms with Crippen LogP contribution in [0.5, 0.6) is 0 Å². The van der Waals surface area contributed by atoms with Gasteiger partial charge >= 0.3 is 0 Å². The van der Waals surface area contributed by atoms with Gasteiger partial charge < -0.3 is 15.5 Å². The molecule has 3 aromatic rings. The number of nitrogens with zero attached hydrogens (tertiary/aromatic N) is 2. The molecule has 2 N–H and O–H groups in total. The summed E-state index contributed by atoms with van der Waals surface area (Å²) in [4.78, 5) is 19.1. The largest absolute Gasteiger partial charge is 0.372 e. The van der Waals surface area contributed by atoms with E-state index in [0.717, 1.165) is 30.0 Å². The van der Waals surface area contributed by atoms with Crippen LogP contribution in [-0.2, 0) is 0 Å². The van der Waals surface area contributed by atoms with Gasteiger partial charge in [0.25, 0.3) is 5.91 Å². The summed E-state index contributed by atoms with van der Waals surface area (Å²) in [7, 11) is 0. The minimum atomic E-state index is -0.369. The highest BCUT2D eigenvalue weighted by molar-refractivity contribution is 6.05. The first-order valence-corrected chi connectivity index (χ1v) is 9.65. The van der Waals surface area contributed by atoms with E-state index in [-0.39, 0.29) is 11.7 Å². The molecule has 0 aliphatic carbocycles. The first-order valence-electron chi connectivity index (χ1n) is 9.65. The van der Waals surface area contributed by atoms with E-state index >= 15 is 0 Å². The minimum absolute atomic E-state index is 0.270. The van der Waals surface area contributed by atoms with E-state index in [2.05, 4.69) is 40.4 Å². The summed E-state index contributed by atoms with van der Waals surface area (Å²) in [5.74, 6) is -0.639. The van der Waals surface area contributed by atoms with Gasteiger partial charge in [-0.15, -0.1) is 0 Å². The summed E-state index contributed by atoms with van der Waals surface area (Å²) < 4.78 is 13.8. The number of para-hydroxylation sites is 1. The number of hydrogen-bond donors (Lipinski definition) is 2. The molecule has 1 aromatic heterocycles. The average Bonchev–Trinajstić information content (AvgIpc) is 2.73. The maximum Gasteiger partial charge on any atom is 0.257 e. The van der Waals surface area contributed by atoms with Crippen LogP contribution in [0.4, 0.5) is 27.1 Å². The Balaban J connectivity index is 1.75. The first kappa shape index (κ1) is 20.3. The molecule has 150 valence electrons. The molecular formula is C23H25FN4O.